The molecule has 1 aromatic heterocycles. The molecular formula is C22H14FN3O6. The molecule has 2 heterocycles. The van der Waals surface area contributed by atoms with Crippen molar-refractivity contribution in [1.29, 1.82) is 0 Å². The number of imide groups is 2. The molecule has 4 rings (SSSR count). The maximum atomic E-state index is 13.6. The van der Waals surface area contributed by atoms with Crippen LogP contribution in [0.2, 0.25) is 0 Å². The highest BCUT2D eigenvalue weighted by Crippen LogP contribution is 2.30. The molecule has 160 valence electrons. The first kappa shape index (κ1) is 20.7. The van der Waals surface area contributed by atoms with Gasteiger partial charge in [0, 0.05) is 17.7 Å². The Labute approximate surface area is 179 Å². The number of carbonyl (C=O) groups excluding carboxylic acids is 3. The SMILES string of the molecule is Cc1cc([N+](=O)[O-])ccc1-c1ccc(/C=C2/C(=O)NC(=O)N(c3cccc(F)c3)C2=O)o1. The van der Waals surface area contributed by atoms with Gasteiger partial charge in [0.05, 0.1) is 10.6 Å². The number of halogens is 1. The van der Waals surface area contributed by atoms with E-state index >= 15 is 0 Å². The minimum absolute atomic E-state index is 0.0347. The van der Waals surface area contributed by atoms with Gasteiger partial charge in [0.2, 0.25) is 0 Å². The summed E-state index contributed by atoms with van der Waals surface area (Å²) < 4.78 is 19.3. The van der Waals surface area contributed by atoms with Gasteiger partial charge in [-0.3, -0.25) is 25.0 Å². The molecule has 10 heteroatoms. The van der Waals surface area contributed by atoms with Crippen LogP contribution in [0.1, 0.15) is 11.3 Å². The zero-order chi connectivity index (χ0) is 23.0. The average molecular weight is 435 g/mol. The van der Waals surface area contributed by atoms with Crippen LogP contribution in [0.3, 0.4) is 0 Å². The van der Waals surface area contributed by atoms with E-state index in [4.69, 9.17) is 4.42 Å². The number of anilines is 1. The Kier molecular flexibility index (Phi) is 5.11. The van der Waals surface area contributed by atoms with Crippen molar-refractivity contribution in [2.75, 3.05) is 4.90 Å². The summed E-state index contributed by atoms with van der Waals surface area (Å²) in [4.78, 5) is 48.4. The number of nitro groups is 1. The number of carbonyl (C=O) groups is 3. The zero-order valence-electron chi connectivity index (χ0n) is 16.5. The van der Waals surface area contributed by atoms with Gasteiger partial charge in [0.25, 0.3) is 17.5 Å². The van der Waals surface area contributed by atoms with E-state index in [1.54, 1.807) is 13.0 Å². The fraction of sp³-hybridized carbons (Fsp3) is 0.0455. The zero-order valence-corrected chi connectivity index (χ0v) is 16.5. The highest BCUT2D eigenvalue weighted by atomic mass is 19.1. The van der Waals surface area contributed by atoms with Gasteiger partial charge in [-0.05, 0) is 55.0 Å². The molecule has 1 aliphatic heterocycles. The number of nitro benzene ring substituents is 1. The third-order valence-electron chi connectivity index (χ3n) is 4.77. The van der Waals surface area contributed by atoms with E-state index in [0.717, 1.165) is 12.1 Å². The molecule has 0 unspecified atom stereocenters. The summed E-state index contributed by atoms with van der Waals surface area (Å²) in [5.41, 5.74) is 0.716. The molecule has 0 saturated carbocycles. The Morgan fingerprint density at radius 3 is 2.56 bits per heavy atom. The summed E-state index contributed by atoms with van der Waals surface area (Å²) in [5, 5.41) is 13.0. The van der Waals surface area contributed by atoms with Crippen molar-refractivity contribution in [3.63, 3.8) is 0 Å². The molecule has 9 nitrogen and oxygen atoms in total. The van der Waals surface area contributed by atoms with E-state index < -0.39 is 28.6 Å². The maximum absolute atomic E-state index is 13.6. The first-order chi connectivity index (χ1) is 15.2. The van der Waals surface area contributed by atoms with Crippen LogP contribution in [0.5, 0.6) is 0 Å². The lowest BCUT2D eigenvalue weighted by atomic mass is 10.1. The summed E-state index contributed by atoms with van der Waals surface area (Å²) in [7, 11) is 0. The fourth-order valence-corrected chi connectivity index (χ4v) is 3.26. The molecule has 4 amide bonds. The van der Waals surface area contributed by atoms with Gasteiger partial charge in [-0.25, -0.2) is 14.1 Å². The van der Waals surface area contributed by atoms with E-state index in [2.05, 4.69) is 0 Å². The van der Waals surface area contributed by atoms with E-state index in [0.29, 0.717) is 21.8 Å². The first-order valence-electron chi connectivity index (χ1n) is 9.27. The van der Waals surface area contributed by atoms with Gasteiger partial charge in [-0.1, -0.05) is 6.07 Å². The number of nitrogens with one attached hydrogen (secondary N) is 1. The van der Waals surface area contributed by atoms with Crippen LogP contribution >= 0.6 is 0 Å². The second kappa shape index (κ2) is 7.91. The van der Waals surface area contributed by atoms with Crippen molar-refractivity contribution in [2.45, 2.75) is 6.92 Å². The number of amides is 4. The summed E-state index contributed by atoms with van der Waals surface area (Å²) >= 11 is 0. The molecule has 2 aromatic carbocycles. The lowest BCUT2D eigenvalue weighted by Crippen LogP contribution is -2.54. The number of non-ortho nitro benzene ring substituents is 1. The molecule has 0 spiro atoms. The first-order valence-corrected chi connectivity index (χ1v) is 9.27. The topological polar surface area (TPSA) is 123 Å². The lowest BCUT2D eigenvalue weighted by molar-refractivity contribution is -0.384. The number of benzene rings is 2. The number of hydrogen-bond acceptors (Lipinski definition) is 6. The lowest BCUT2D eigenvalue weighted by Gasteiger charge is -2.26. The van der Waals surface area contributed by atoms with Crippen LogP contribution in [0, 0.1) is 22.9 Å². The van der Waals surface area contributed by atoms with Gasteiger partial charge >= 0.3 is 6.03 Å². The van der Waals surface area contributed by atoms with Crippen LogP contribution in [0.4, 0.5) is 20.6 Å². The number of nitrogens with zero attached hydrogens (tertiary/aromatic N) is 2. The van der Waals surface area contributed by atoms with E-state index in [1.165, 1.54) is 42.5 Å². The summed E-state index contributed by atoms with van der Waals surface area (Å²) in [6.07, 6.45) is 1.17. The summed E-state index contributed by atoms with van der Waals surface area (Å²) in [6, 6.07) is 11.2. The number of hydrogen-bond donors (Lipinski definition) is 1. The van der Waals surface area contributed by atoms with Crippen LogP contribution in [0.15, 0.2) is 64.6 Å². The minimum atomic E-state index is -0.996. The molecule has 1 saturated heterocycles. The molecule has 1 aliphatic rings. The number of furan rings is 1. The molecule has 1 fully saturated rings. The van der Waals surface area contributed by atoms with Crippen molar-refractivity contribution in [1.82, 2.24) is 5.32 Å². The van der Waals surface area contributed by atoms with Gasteiger partial charge in [0.15, 0.2) is 0 Å². The average Bonchev–Trinajstić information content (AvgIpc) is 3.19. The van der Waals surface area contributed by atoms with Gasteiger partial charge < -0.3 is 4.42 Å². The van der Waals surface area contributed by atoms with Gasteiger partial charge in [0.1, 0.15) is 22.9 Å². The molecular weight excluding hydrogens is 421 g/mol. The number of rotatable bonds is 4. The van der Waals surface area contributed by atoms with Crippen molar-refractivity contribution >= 4 is 35.3 Å². The third-order valence-corrected chi connectivity index (χ3v) is 4.77. The van der Waals surface area contributed by atoms with Crippen LogP contribution in [-0.4, -0.2) is 22.8 Å². The highest BCUT2D eigenvalue weighted by molar-refractivity contribution is 6.39. The molecule has 0 radical (unpaired) electrons. The number of barbiturate groups is 1. The van der Waals surface area contributed by atoms with Crippen molar-refractivity contribution < 1.29 is 28.1 Å². The molecule has 0 aliphatic carbocycles. The van der Waals surface area contributed by atoms with Crippen molar-refractivity contribution in [3.8, 4) is 11.3 Å². The van der Waals surface area contributed by atoms with E-state index in [-0.39, 0.29) is 22.7 Å². The standard InChI is InChI=1S/C22H14FN3O6/c1-12-9-15(26(30)31)5-7-17(12)19-8-6-16(32-19)11-18-20(27)24-22(29)25(21(18)28)14-4-2-3-13(23)10-14/h2-11H,1H3,(H,24,27,29)/b18-11-. The fourth-order valence-electron chi connectivity index (χ4n) is 3.26. The molecule has 0 bridgehead atoms. The van der Waals surface area contributed by atoms with Crippen LogP contribution in [-0.2, 0) is 9.59 Å². The van der Waals surface area contributed by atoms with Crippen molar-refractivity contribution in [3.05, 3.63) is 87.4 Å². The van der Waals surface area contributed by atoms with Crippen LogP contribution in [0.25, 0.3) is 17.4 Å². The molecule has 3 aromatic rings. The molecule has 1 N–H and O–H groups in total. The number of aryl methyl sites for hydroxylation is 1. The Morgan fingerprint density at radius 2 is 1.88 bits per heavy atom. The van der Waals surface area contributed by atoms with Crippen LogP contribution < -0.4 is 10.2 Å². The molecule has 32 heavy (non-hydrogen) atoms. The monoisotopic (exact) mass is 435 g/mol. The van der Waals surface area contributed by atoms with Gasteiger partial charge in [-0.2, -0.15) is 0 Å². The highest BCUT2D eigenvalue weighted by Gasteiger charge is 2.37. The quantitative estimate of drug-likeness (QED) is 0.286. The smallest absolute Gasteiger partial charge is 0.335 e. The number of urea groups is 1. The molecule has 0 atom stereocenters. The normalized spacial score (nSPS) is 15.2. The largest absolute Gasteiger partial charge is 0.457 e. The van der Waals surface area contributed by atoms with Crippen molar-refractivity contribution in [2.24, 2.45) is 0 Å². The Hall–Kier alpha value is -4.60. The predicted molar refractivity (Wildman–Crippen MR) is 111 cm³/mol. The summed E-state index contributed by atoms with van der Waals surface area (Å²) in [5.74, 6) is -2.00. The minimum Gasteiger partial charge on any atom is -0.457 e. The second-order valence-electron chi connectivity index (χ2n) is 6.90. The predicted octanol–water partition coefficient (Wildman–Crippen LogP) is 3.97. The maximum Gasteiger partial charge on any atom is 0.335 e. The second-order valence-corrected chi connectivity index (χ2v) is 6.90. The Balaban J connectivity index is 1.67. The Bertz CT molecular complexity index is 1330. The van der Waals surface area contributed by atoms with E-state index in [9.17, 15) is 28.9 Å². The summed E-state index contributed by atoms with van der Waals surface area (Å²) in [6.45, 7) is 1.68. The Morgan fingerprint density at radius 1 is 1.09 bits per heavy atom. The third kappa shape index (κ3) is 3.76. The van der Waals surface area contributed by atoms with E-state index in [1.807, 2.05) is 5.32 Å². The van der Waals surface area contributed by atoms with Gasteiger partial charge in [-0.15, -0.1) is 0 Å².